The maximum Gasteiger partial charge on any atom is 0.230 e. The van der Waals surface area contributed by atoms with Crippen molar-refractivity contribution in [3.8, 4) is 0 Å². The number of amides is 1. The molecule has 0 saturated heterocycles. The Labute approximate surface area is 113 Å². The number of carbonyl (C=O) groups is 2. The van der Waals surface area contributed by atoms with Crippen LogP contribution in [0.1, 0.15) is 32.1 Å². The summed E-state index contributed by atoms with van der Waals surface area (Å²) in [6.07, 6.45) is 1.66. The Hall–Kier alpha value is -1.16. The average molecular weight is 267 g/mol. The smallest absolute Gasteiger partial charge is 0.230 e. The third-order valence-corrected chi connectivity index (χ3v) is 4.12. The van der Waals surface area contributed by atoms with Crippen LogP contribution in [0.3, 0.4) is 0 Å². The van der Waals surface area contributed by atoms with Crippen molar-refractivity contribution in [2.24, 2.45) is 11.8 Å². The monoisotopic (exact) mass is 267 g/mol. The van der Waals surface area contributed by atoms with E-state index in [1.165, 1.54) is 11.8 Å². The first-order valence-electron chi connectivity index (χ1n) is 6.36. The molecular formula is C14H21NO2S. The molecule has 0 spiro atoms. The fourth-order valence-corrected chi connectivity index (χ4v) is 2.66. The van der Waals surface area contributed by atoms with Gasteiger partial charge in [0.05, 0.1) is 5.92 Å². The molecule has 0 saturated carbocycles. The fraction of sp³-hybridized carbons (Fsp3) is 0.571. The van der Waals surface area contributed by atoms with Gasteiger partial charge in [-0.2, -0.15) is 0 Å². The maximum absolute atomic E-state index is 12.0. The Morgan fingerprint density at radius 3 is 2.67 bits per heavy atom. The normalized spacial score (nSPS) is 13.9. The van der Waals surface area contributed by atoms with Gasteiger partial charge in [-0.25, -0.2) is 0 Å². The summed E-state index contributed by atoms with van der Waals surface area (Å²) in [6.45, 7) is 6.04. The van der Waals surface area contributed by atoms with Gasteiger partial charge in [0.2, 0.25) is 5.91 Å². The van der Waals surface area contributed by atoms with Gasteiger partial charge >= 0.3 is 0 Å². The minimum absolute atomic E-state index is 0.0435. The molecule has 18 heavy (non-hydrogen) atoms. The molecule has 4 heteroatoms. The predicted molar refractivity (Wildman–Crippen MR) is 74.7 cm³/mol. The highest BCUT2D eigenvalue weighted by Crippen LogP contribution is 2.16. The van der Waals surface area contributed by atoms with Crippen LogP contribution in [0.2, 0.25) is 0 Å². The van der Waals surface area contributed by atoms with E-state index in [2.05, 4.69) is 5.32 Å². The number of hydrogen-bond donors (Lipinski definition) is 1. The van der Waals surface area contributed by atoms with Gasteiger partial charge in [-0.15, -0.1) is 11.3 Å². The molecule has 0 aliphatic carbocycles. The first kappa shape index (κ1) is 14.9. The Balaban J connectivity index is 2.44. The predicted octanol–water partition coefficient (Wildman–Crippen LogP) is 2.66. The largest absolute Gasteiger partial charge is 0.355 e. The summed E-state index contributed by atoms with van der Waals surface area (Å²) in [7, 11) is 0. The van der Waals surface area contributed by atoms with Gasteiger partial charge in [-0.3, -0.25) is 9.59 Å². The minimum Gasteiger partial charge on any atom is -0.355 e. The van der Waals surface area contributed by atoms with Gasteiger partial charge in [0.25, 0.3) is 0 Å². The molecule has 1 aromatic heterocycles. The number of Topliss-reactive ketones (excluding diaryl/α,β-unsaturated/α-hetero) is 1. The Bertz CT molecular complexity index is 387. The molecule has 2 unspecified atom stereocenters. The molecule has 0 aliphatic rings. The van der Waals surface area contributed by atoms with E-state index in [1.807, 2.05) is 31.4 Å². The van der Waals surface area contributed by atoms with Crippen LogP contribution < -0.4 is 5.32 Å². The number of ketones is 1. The summed E-state index contributed by atoms with van der Waals surface area (Å²) in [5.74, 6) is -0.575. The molecule has 100 valence electrons. The van der Waals surface area contributed by atoms with Crippen molar-refractivity contribution in [1.29, 1.82) is 0 Å². The Morgan fingerprint density at radius 1 is 1.44 bits per heavy atom. The van der Waals surface area contributed by atoms with E-state index in [0.717, 1.165) is 12.8 Å². The SMILES string of the molecule is CCC(C)C(C(C)=O)C(=O)NCCc1cccs1. The maximum atomic E-state index is 12.0. The zero-order chi connectivity index (χ0) is 13.5. The van der Waals surface area contributed by atoms with E-state index in [4.69, 9.17) is 0 Å². The molecule has 1 N–H and O–H groups in total. The van der Waals surface area contributed by atoms with E-state index in [-0.39, 0.29) is 17.6 Å². The van der Waals surface area contributed by atoms with Gasteiger partial charge in [-0.05, 0) is 30.7 Å². The van der Waals surface area contributed by atoms with Crippen molar-refractivity contribution in [2.45, 2.75) is 33.6 Å². The second-order valence-corrected chi connectivity index (χ2v) is 5.63. The van der Waals surface area contributed by atoms with Gasteiger partial charge in [-0.1, -0.05) is 26.3 Å². The molecule has 1 amide bonds. The fourth-order valence-electron chi connectivity index (χ4n) is 1.95. The highest BCUT2D eigenvalue weighted by atomic mass is 32.1. The lowest BCUT2D eigenvalue weighted by molar-refractivity contribution is -0.135. The molecule has 3 nitrogen and oxygen atoms in total. The molecule has 0 aliphatic heterocycles. The lowest BCUT2D eigenvalue weighted by Crippen LogP contribution is -2.38. The van der Waals surface area contributed by atoms with E-state index in [1.54, 1.807) is 11.3 Å². The van der Waals surface area contributed by atoms with Crippen LogP contribution in [-0.4, -0.2) is 18.2 Å². The molecule has 0 fully saturated rings. The molecular weight excluding hydrogens is 246 g/mol. The topological polar surface area (TPSA) is 46.2 Å². The highest BCUT2D eigenvalue weighted by Gasteiger charge is 2.27. The van der Waals surface area contributed by atoms with Crippen LogP contribution in [-0.2, 0) is 16.0 Å². The Morgan fingerprint density at radius 2 is 2.17 bits per heavy atom. The zero-order valence-corrected chi connectivity index (χ0v) is 12.0. The molecule has 1 rings (SSSR count). The highest BCUT2D eigenvalue weighted by molar-refractivity contribution is 7.09. The molecule has 2 atom stereocenters. The quantitative estimate of drug-likeness (QED) is 0.772. The third-order valence-electron chi connectivity index (χ3n) is 3.18. The molecule has 1 aromatic rings. The summed E-state index contributed by atoms with van der Waals surface area (Å²) in [5, 5.41) is 4.89. The number of hydrogen-bond acceptors (Lipinski definition) is 3. The number of nitrogens with one attached hydrogen (secondary N) is 1. The average Bonchev–Trinajstić information content (AvgIpc) is 2.81. The summed E-state index contributed by atoms with van der Waals surface area (Å²) in [5.41, 5.74) is 0. The number of rotatable bonds is 7. The van der Waals surface area contributed by atoms with E-state index in [0.29, 0.717) is 6.54 Å². The van der Waals surface area contributed by atoms with E-state index >= 15 is 0 Å². The van der Waals surface area contributed by atoms with Crippen LogP contribution in [0.5, 0.6) is 0 Å². The van der Waals surface area contributed by atoms with Gasteiger partial charge in [0.15, 0.2) is 0 Å². The molecule has 0 radical (unpaired) electrons. The molecule has 0 aromatic carbocycles. The summed E-state index contributed by atoms with van der Waals surface area (Å²) in [6, 6.07) is 4.05. The van der Waals surface area contributed by atoms with Crippen molar-refractivity contribution < 1.29 is 9.59 Å². The van der Waals surface area contributed by atoms with Gasteiger partial charge in [0.1, 0.15) is 5.78 Å². The van der Waals surface area contributed by atoms with E-state index in [9.17, 15) is 9.59 Å². The van der Waals surface area contributed by atoms with Crippen molar-refractivity contribution in [3.05, 3.63) is 22.4 Å². The zero-order valence-electron chi connectivity index (χ0n) is 11.2. The molecule has 0 bridgehead atoms. The number of thiophene rings is 1. The Kier molecular flexibility index (Phi) is 6.05. The number of carbonyl (C=O) groups excluding carboxylic acids is 2. The van der Waals surface area contributed by atoms with Crippen LogP contribution in [0.4, 0.5) is 0 Å². The lowest BCUT2D eigenvalue weighted by atomic mass is 9.88. The second kappa shape index (κ2) is 7.31. The van der Waals surface area contributed by atoms with E-state index < -0.39 is 5.92 Å². The first-order valence-corrected chi connectivity index (χ1v) is 7.24. The summed E-state index contributed by atoms with van der Waals surface area (Å²) < 4.78 is 0. The summed E-state index contributed by atoms with van der Waals surface area (Å²) in [4.78, 5) is 24.8. The van der Waals surface area contributed by atoms with Gasteiger partial charge < -0.3 is 5.32 Å². The van der Waals surface area contributed by atoms with Crippen molar-refractivity contribution in [1.82, 2.24) is 5.32 Å². The van der Waals surface area contributed by atoms with Crippen LogP contribution in [0.25, 0.3) is 0 Å². The van der Waals surface area contributed by atoms with Crippen LogP contribution in [0, 0.1) is 11.8 Å². The van der Waals surface area contributed by atoms with Crippen molar-refractivity contribution in [3.63, 3.8) is 0 Å². The van der Waals surface area contributed by atoms with Crippen LogP contribution >= 0.6 is 11.3 Å². The standard InChI is InChI=1S/C14H21NO2S/c1-4-10(2)13(11(3)16)14(17)15-8-7-12-6-5-9-18-12/h5-6,9-10,13H,4,7-8H2,1-3H3,(H,15,17). The van der Waals surface area contributed by atoms with Crippen molar-refractivity contribution >= 4 is 23.0 Å². The lowest BCUT2D eigenvalue weighted by Gasteiger charge is -2.19. The first-order chi connectivity index (χ1) is 8.56. The summed E-state index contributed by atoms with van der Waals surface area (Å²) >= 11 is 1.68. The van der Waals surface area contributed by atoms with Gasteiger partial charge in [0, 0.05) is 11.4 Å². The second-order valence-electron chi connectivity index (χ2n) is 4.59. The van der Waals surface area contributed by atoms with Crippen LogP contribution in [0.15, 0.2) is 17.5 Å². The van der Waals surface area contributed by atoms with Crippen molar-refractivity contribution in [2.75, 3.05) is 6.54 Å². The minimum atomic E-state index is -0.502. The third kappa shape index (κ3) is 4.26. The molecule has 1 heterocycles.